The number of piperazine rings is 1. The molecule has 8 nitrogen and oxygen atoms in total. The summed E-state index contributed by atoms with van der Waals surface area (Å²) in [5, 5.41) is 3.11. The number of nitrogens with one attached hydrogen (secondary N) is 1. The van der Waals surface area contributed by atoms with Crippen LogP contribution >= 0.6 is 0 Å². The van der Waals surface area contributed by atoms with Crippen LogP contribution in [0.15, 0.2) is 35.1 Å². The Morgan fingerprint density at radius 3 is 2.18 bits per heavy atom. The van der Waals surface area contributed by atoms with Crippen LogP contribution in [0.25, 0.3) is 5.69 Å². The Bertz CT molecular complexity index is 923. The number of aromatic nitrogens is 2. The summed E-state index contributed by atoms with van der Waals surface area (Å²) in [6.07, 6.45) is 0. The second kappa shape index (κ2) is 7.92. The van der Waals surface area contributed by atoms with Crippen LogP contribution in [0.4, 0.5) is 5.69 Å². The SMILES string of the molecule is CC(=O)N1CCN(C(=O)C(C)Nc2c(C)n(C)n(-c3ccccc3)c2=O)CC1. The number of carbonyl (C=O) groups excluding carboxylic acids is 2. The van der Waals surface area contributed by atoms with Crippen LogP contribution in [0.1, 0.15) is 19.5 Å². The van der Waals surface area contributed by atoms with E-state index in [4.69, 9.17) is 0 Å². The summed E-state index contributed by atoms with van der Waals surface area (Å²) in [4.78, 5) is 40.7. The van der Waals surface area contributed by atoms with Gasteiger partial charge in [-0.05, 0) is 26.0 Å². The Balaban J connectivity index is 1.76. The normalized spacial score (nSPS) is 15.4. The van der Waals surface area contributed by atoms with E-state index in [0.29, 0.717) is 31.9 Å². The summed E-state index contributed by atoms with van der Waals surface area (Å²) in [7, 11) is 1.82. The molecule has 0 saturated carbocycles. The zero-order valence-corrected chi connectivity index (χ0v) is 16.8. The third kappa shape index (κ3) is 3.67. The van der Waals surface area contributed by atoms with E-state index in [2.05, 4.69) is 5.32 Å². The van der Waals surface area contributed by atoms with Crippen LogP contribution in [-0.4, -0.2) is 63.2 Å². The summed E-state index contributed by atoms with van der Waals surface area (Å²) in [6.45, 7) is 7.25. The van der Waals surface area contributed by atoms with Gasteiger partial charge in [-0.15, -0.1) is 0 Å². The molecule has 1 aromatic heterocycles. The summed E-state index contributed by atoms with van der Waals surface area (Å²) in [5.41, 5.74) is 1.77. The van der Waals surface area contributed by atoms with E-state index >= 15 is 0 Å². The molecule has 2 amide bonds. The van der Waals surface area contributed by atoms with Crippen LogP contribution in [0.2, 0.25) is 0 Å². The summed E-state index contributed by atoms with van der Waals surface area (Å²) >= 11 is 0. The lowest BCUT2D eigenvalue weighted by Crippen LogP contribution is -2.53. The lowest BCUT2D eigenvalue weighted by molar-refractivity contribution is -0.138. The molecule has 0 bridgehead atoms. The number of benzene rings is 1. The molecule has 8 heteroatoms. The minimum absolute atomic E-state index is 0.0274. The first-order chi connectivity index (χ1) is 13.3. The van der Waals surface area contributed by atoms with Crippen molar-refractivity contribution in [1.29, 1.82) is 0 Å². The molecule has 1 aromatic carbocycles. The minimum Gasteiger partial charge on any atom is -0.368 e. The van der Waals surface area contributed by atoms with Gasteiger partial charge in [0.05, 0.1) is 11.4 Å². The van der Waals surface area contributed by atoms with Crippen LogP contribution in [0, 0.1) is 6.92 Å². The molecule has 2 aromatic rings. The van der Waals surface area contributed by atoms with Crippen LogP contribution < -0.4 is 10.9 Å². The first kappa shape index (κ1) is 19.7. The third-order valence-electron chi connectivity index (χ3n) is 5.32. The number of anilines is 1. The molecule has 1 fully saturated rings. The predicted octanol–water partition coefficient (Wildman–Crippen LogP) is 0.976. The van der Waals surface area contributed by atoms with Crippen molar-refractivity contribution in [3.8, 4) is 5.69 Å². The smallest absolute Gasteiger partial charge is 0.295 e. The van der Waals surface area contributed by atoms with E-state index < -0.39 is 6.04 Å². The van der Waals surface area contributed by atoms with Gasteiger partial charge in [0.1, 0.15) is 11.7 Å². The van der Waals surface area contributed by atoms with E-state index in [1.54, 1.807) is 26.1 Å². The van der Waals surface area contributed by atoms with Gasteiger partial charge in [-0.25, -0.2) is 4.68 Å². The zero-order chi connectivity index (χ0) is 20.4. The van der Waals surface area contributed by atoms with Crippen LogP contribution in [0.5, 0.6) is 0 Å². The van der Waals surface area contributed by atoms with Crippen molar-refractivity contribution in [3.63, 3.8) is 0 Å². The maximum Gasteiger partial charge on any atom is 0.295 e. The monoisotopic (exact) mass is 385 g/mol. The number of nitrogens with zero attached hydrogens (tertiary/aromatic N) is 4. The van der Waals surface area contributed by atoms with Gasteiger partial charge in [-0.1, -0.05) is 18.2 Å². The molecule has 1 saturated heterocycles. The summed E-state index contributed by atoms with van der Waals surface area (Å²) in [5.74, 6) is -0.0447. The molecule has 0 aliphatic carbocycles. The van der Waals surface area contributed by atoms with Crippen molar-refractivity contribution >= 4 is 17.5 Å². The van der Waals surface area contributed by atoms with Crippen molar-refractivity contribution in [2.24, 2.45) is 7.05 Å². The quantitative estimate of drug-likeness (QED) is 0.851. The van der Waals surface area contributed by atoms with Gasteiger partial charge in [-0.2, -0.15) is 0 Å². The summed E-state index contributed by atoms with van der Waals surface area (Å²) in [6, 6.07) is 8.85. The Morgan fingerprint density at radius 2 is 1.61 bits per heavy atom. The van der Waals surface area contributed by atoms with Crippen molar-refractivity contribution in [3.05, 3.63) is 46.4 Å². The number of hydrogen-bond donors (Lipinski definition) is 1. The second-order valence-electron chi connectivity index (χ2n) is 7.13. The predicted molar refractivity (Wildman–Crippen MR) is 108 cm³/mol. The third-order valence-corrected chi connectivity index (χ3v) is 5.32. The summed E-state index contributed by atoms with van der Waals surface area (Å²) < 4.78 is 3.36. The minimum atomic E-state index is -0.540. The largest absolute Gasteiger partial charge is 0.368 e. The molecule has 1 atom stereocenters. The molecule has 28 heavy (non-hydrogen) atoms. The van der Waals surface area contributed by atoms with Crippen molar-refractivity contribution in [2.75, 3.05) is 31.5 Å². The number of rotatable bonds is 4. The van der Waals surface area contributed by atoms with Crippen LogP contribution in [0.3, 0.4) is 0 Å². The first-order valence-corrected chi connectivity index (χ1v) is 9.46. The lowest BCUT2D eigenvalue weighted by Gasteiger charge is -2.35. The second-order valence-corrected chi connectivity index (χ2v) is 7.13. The molecular formula is C20H27N5O3. The number of carbonyl (C=O) groups is 2. The topological polar surface area (TPSA) is 79.6 Å². The van der Waals surface area contributed by atoms with Crippen LogP contribution in [-0.2, 0) is 16.6 Å². The lowest BCUT2D eigenvalue weighted by atomic mass is 10.2. The average Bonchev–Trinajstić information content (AvgIpc) is 2.91. The number of hydrogen-bond acceptors (Lipinski definition) is 4. The van der Waals surface area contributed by atoms with E-state index in [1.807, 2.05) is 44.3 Å². The maximum absolute atomic E-state index is 13.0. The number of amides is 2. The number of para-hydroxylation sites is 1. The fourth-order valence-corrected chi connectivity index (χ4v) is 3.53. The van der Waals surface area contributed by atoms with Gasteiger partial charge >= 0.3 is 0 Å². The Hall–Kier alpha value is -3.03. The van der Waals surface area contributed by atoms with Gasteiger partial charge in [0.25, 0.3) is 5.56 Å². The molecule has 0 spiro atoms. The fraction of sp³-hybridized carbons (Fsp3) is 0.450. The van der Waals surface area contributed by atoms with E-state index in [-0.39, 0.29) is 17.4 Å². The fourth-order valence-electron chi connectivity index (χ4n) is 3.53. The van der Waals surface area contributed by atoms with Gasteiger partial charge in [0.2, 0.25) is 11.8 Å². The van der Waals surface area contributed by atoms with Gasteiger partial charge in [0, 0.05) is 40.2 Å². The molecule has 1 N–H and O–H groups in total. The Morgan fingerprint density at radius 1 is 1.04 bits per heavy atom. The van der Waals surface area contributed by atoms with E-state index in [0.717, 1.165) is 11.4 Å². The van der Waals surface area contributed by atoms with Crippen molar-refractivity contribution < 1.29 is 9.59 Å². The Labute approximate surface area is 164 Å². The van der Waals surface area contributed by atoms with Crippen molar-refractivity contribution in [1.82, 2.24) is 19.2 Å². The highest BCUT2D eigenvalue weighted by molar-refractivity contribution is 5.85. The molecule has 150 valence electrons. The zero-order valence-electron chi connectivity index (χ0n) is 16.8. The maximum atomic E-state index is 13.0. The molecule has 3 rings (SSSR count). The first-order valence-electron chi connectivity index (χ1n) is 9.46. The van der Waals surface area contributed by atoms with Crippen molar-refractivity contribution in [2.45, 2.75) is 26.8 Å². The van der Waals surface area contributed by atoms with Gasteiger partial charge in [-0.3, -0.25) is 19.1 Å². The molecule has 1 aliphatic heterocycles. The molecule has 2 heterocycles. The average molecular weight is 385 g/mol. The highest BCUT2D eigenvalue weighted by Gasteiger charge is 2.27. The highest BCUT2D eigenvalue weighted by atomic mass is 16.2. The Kier molecular flexibility index (Phi) is 5.58. The van der Waals surface area contributed by atoms with E-state index in [1.165, 1.54) is 6.92 Å². The molecule has 1 aliphatic rings. The standard InChI is InChI=1S/C20H27N5O3/c1-14(19(27)24-12-10-23(11-13-24)16(3)26)21-18-15(2)22(4)25(20(18)28)17-8-6-5-7-9-17/h5-9,14,21H,10-13H2,1-4H3. The molecular weight excluding hydrogens is 358 g/mol. The van der Waals surface area contributed by atoms with Gasteiger partial charge in [0.15, 0.2) is 0 Å². The molecule has 0 radical (unpaired) electrons. The van der Waals surface area contributed by atoms with Gasteiger partial charge < -0.3 is 15.1 Å². The molecule has 1 unspecified atom stereocenters. The van der Waals surface area contributed by atoms with E-state index in [9.17, 15) is 14.4 Å². The highest BCUT2D eigenvalue weighted by Crippen LogP contribution is 2.16.